The number of aryl methyl sites for hydroxylation is 1. The zero-order chi connectivity index (χ0) is 11.5. The minimum Gasteiger partial charge on any atom is -0.384 e. The van der Waals surface area contributed by atoms with Crippen molar-refractivity contribution in [2.75, 3.05) is 0 Å². The third-order valence-electron chi connectivity index (χ3n) is 2.53. The third-order valence-corrected chi connectivity index (χ3v) is 2.76. The Labute approximate surface area is 99.5 Å². The fourth-order valence-electron chi connectivity index (χ4n) is 1.66. The number of hydrogen-bond acceptors (Lipinski definition) is 2. The van der Waals surface area contributed by atoms with Gasteiger partial charge in [0.2, 0.25) is 0 Å². The monoisotopic (exact) mass is 233 g/mol. The number of pyridine rings is 1. The Morgan fingerprint density at radius 1 is 1.31 bits per heavy atom. The van der Waals surface area contributed by atoms with Gasteiger partial charge in [-0.15, -0.1) is 0 Å². The second kappa shape index (κ2) is 4.64. The molecule has 82 valence electrons. The molecular weight excluding hydrogens is 222 g/mol. The number of benzene rings is 1. The number of aliphatic hydroxyl groups excluding tert-OH is 1. The minimum atomic E-state index is -0.647. The van der Waals surface area contributed by atoms with E-state index in [0.717, 1.165) is 16.7 Å². The molecule has 1 aromatic heterocycles. The van der Waals surface area contributed by atoms with Crippen molar-refractivity contribution in [1.29, 1.82) is 0 Å². The Balaban J connectivity index is 2.38. The average Bonchev–Trinajstić information content (AvgIpc) is 2.29. The van der Waals surface area contributed by atoms with E-state index in [1.165, 1.54) is 0 Å². The lowest BCUT2D eigenvalue weighted by Crippen LogP contribution is -2.02. The van der Waals surface area contributed by atoms with E-state index >= 15 is 0 Å². The van der Waals surface area contributed by atoms with E-state index in [4.69, 9.17) is 11.6 Å². The molecule has 2 rings (SSSR count). The SMILES string of the molecule is Cc1cc(Cl)ccc1C(O)c1cccnc1. The van der Waals surface area contributed by atoms with E-state index in [1.807, 2.05) is 31.2 Å². The Morgan fingerprint density at radius 2 is 2.12 bits per heavy atom. The summed E-state index contributed by atoms with van der Waals surface area (Å²) in [4.78, 5) is 3.99. The van der Waals surface area contributed by atoms with Gasteiger partial charge in [-0.1, -0.05) is 23.7 Å². The first-order chi connectivity index (χ1) is 7.68. The third kappa shape index (κ3) is 2.23. The molecule has 0 saturated carbocycles. The van der Waals surface area contributed by atoms with Gasteiger partial charge in [-0.05, 0) is 36.2 Å². The van der Waals surface area contributed by atoms with E-state index in [1.54, 1.807) is 18.5 Å². The number of aliphatic hydroxyl groups is 1. The first-order valence-corrected chi connectivity index (χ1v) is 5.40. The van der Waals surface area contributed by atoms with E-state index in [-0.39, 0.29) is 0 Å². The molecule has 2 nitrogen and oxygen atoms in total. The quantitative estimate of drug-likeness (QED) is 0.865. The van der Waals surface area contributed by atoms with Crippen molar-refractivity contribution in [3.63, 3.8) is 0 Å². The van der Waals surface area contributed by atoms with Crippen LogP contribution in [0.4, 0.5) is 0 Å². The number of rotatable bonds is 2. The van der Waals surface area contributed by atoms with Crippen molar-refractivity contribution in [2.45, 2.75) is 13.0 Å². The predicted octanol–water partition coefficient (Wildman–Crippen LogP) is 3.13. The molecule has 1 aromatic carbocycles. The van der Waals surface area contributed by atoms with Crippen LogP contribution < -0.4 is 0 Å². The maximum absolute atomic E-state index is 10.2. The van der Waals surface area contributed by atoms with Crippen molar-refractivity contribution in [3.8, 4) is 0 Å². The largest absolute Gasteiger partial charge is 0.384 e. The second-order valence-corrected chi connectivity index (χ2v) is 4.13. The van der Waals surface area contributed by atoms with Gasteiger partial charge in [0, 0.05) is 23.0 Å². The van der Waals surface area contributed by atoms with E-state index < -0.39 is 6.10 Å². The standard InChI is InChI=1S/C13H12ClNO/c1-9-7-11(14)4-5-12(9)13(16)10-3-2-6-15-8-10/h2-8,13,16H,1H3. The van der Waals surface area contributed by atoms with Crippen LogP contribution in [0.2, 0.25) is 5.02 Å². The van der Waals surface area contributed by atoms with Crippen LogP contribution in [0.5, 0.6) is 0 Å². The summed E-state index contributed by atoms with van der Waals surface area (Å²) in [6, 6.07) is 9.13. The molecule has 16 heavy (non-hydrogen) atoms. The summed E-state index contributed by atoms with van der Waals surface area (Å²) in [5.41, 5.74) is 2.62. The van der Waals surface area contributed by atoms with Gasteiger partial charge in [0.05, 0.1) is 0 Å². The van der Waals surface area contributed by atoms with Gasteiger partial charge in [0.15, 0.2) is 0 Å². The highest BCUT2D eigenvalue weighted by Crippen LogP contribution is 2.25. The zero-order valence-electron chi connectivity index (χ0n) is 8.89. The highest BCUT2D eigenvalue weighted by molar-refractivity contribution is 6.30. The Kier molecular flexibility index (Phi) is 3.22. The molecule has 2 aromatic rings. The lowest BCUT2D eigenvalue weighted by atomic mass is 9.99. The number of hydrogen-bond donors (Lipinski definition) is 1. The molecule has 0 aliphatic rings. The van der Waals surface area contributed by atoms with E-state index in [0.29, 0.717) is 5.02 Å². The number of halogens is 1. The Hall–Kier alpha value is -1.38. The predicted molar refractivity (Wildman–Crippen MR) is 64.5 cm³/mol. The van der Waals surface area contributed by atoms with Crippen LogP contribution in [-0.4, -0.2) is 10.1 Å². The summed E-state index contributed by atoms with van der Waals surface area (Å²) in [6.45, 7) is 1.93. The van der Waals surface area contributed by atoms with Crippen molar-refractivity contribution in [1.82, 2.24) is 4.98 Å². The van der Waals surface area contributed by atoms with Gasteiger partial charge in [-0.2, -0.15) is 0 Å². The second-order valence-electron chi connectivity index (χ2n) is 3.69. The van der Waals surface area contributed by atoms with Gasteiger partial charge in [-0.25, -0.2) is 0 Å². The molecule has 0 aliphatic heterocycles. The summed E-state index contributed by atoms with van der Waals surface area (Å²) in [7, 11) is 0. The molecule has 3 heteroatoms. The Bertz CT molecular complexity index is 485. The fourth-order valence-corrected chi connectivity index (χ4v) is 1.89. The summed E-state index contributed by atoms with van der Waals surface area (Å²) >= 11 is 5.87. The summed E-state index contributed by atoms with van der Waals surface area (Å²) < 4.78 is 0. The first-order valence-electron chi connectivity index (χ1n) is 5.02. The van der Waals surface area contributed by atoms with Crippen LogP contribution >= 0.6 is 11.6 Å². The molecule has 1 unspecified atom stereocenters. The van der Waals surface area contributed by atoms with Crippen molar-refractivity contribution < 1.29 is 5.11 Å². The summed E-state index contributed by atoms with van der Waals surface area (Å²) in [5, 5.41) is 10.9. The maximum atomic E-state index is 10.2. The molecule has 0 spiro atoms. The number of aromatic nitrogens is 1. The number of nitrogens with zero attached hydrogens (tertiary/aromatic N) is 1. The highest BCUT2D eigenvalue weighted by atomic mass is 35.5. The average molecular weight is 234 g/mol. The Morgan fingerprint density at radius 3 is 2.75 bits per heavy atom. The highest BCUT2D eigenvalue weighted by Gasteiger charge is 2.12. The minimum absolute atomic E-state index is 0.647. The molecule has 1 N–H and O–H groups in total. The molecule has 0 saturated heterocycles. The van der Waals surface area contributed by atoms with Gasteiger partial charge in [0.25, 0.3) is 0 Å². The van der Waals surface area contributed by atoms with E-state index in [2.05, 4.69) is 4.98 Å². The van der Waals surface area contributed by atoms with Crippen LogP contribution in [0, 0.1) is 6.92 Å². The van der Waals surface area contributed by atoms with Crippen LogP contribution in [0.25, 0.3) is 0 Å². The molecule has 0 radical (unpaired) electrons. The zero-order valence-corrected chi connectivity index (χ0v) is 9.65. The summed E-state index contributed by atoms with van der Waals surface area (Å²) in [5.74, 6) is 0. The molecule has 1 heterocycles. The normalized spacial score (nSPS) is 12.4. The first kappa shape index (κ1) is 11.1. The van der Waals surface area contributed by atoms with Crippen LogP contribution in [0.15, 0.2) is 42.7 Å². The molecule has 0 bridgehead atoms. The van der Waals surface area contributed by atoms with Gasteiger partial charge in [0.1, 0.15) is 6.10 Å². The smallest absolute Gasteiger partial charge is 0.106 e. The van der Waals surface area contributed by atoms with E-state index in [9.17, 15) is 5.11 Å². The molecule has 1 atom stereocenters. The van der Waals surface area contributed by atoms with Crippen LogP contribution in [0.1, 0.15) is 22.8 Å². The van der Waals surface area contributed by atoms with Gasteiger partial charge < -0.3 is 5.11 Å². The van der Waals surface area contributed by atoms with Crippen molar-refractivity contribution in [2.24, 2.45) is 0 Å². The lowest BCUT2D eigenvalue weighted by molar-refractivity contribution is 0.219. The molecular formula is C13H12ClNO. The fraction of sp³-hybridized carbons (Fsp3) is 0.154. The molecule has 0 aliphatic carbocycles. The molecule has 0 amide bonds. The summed E-state index contributed by atoms with van der Waals surface area (Å²) in [6.07, 6.45) is 2.70. The topological polar surface area (TPSA) is 33.1 Å². The lowest BCUT2D eigenvalue weighted by Gasteiger charge is -2.13. The maximum Gasteiger partial charge on any atom is 0.106 e. The van der Waals surface area contributed by atoms with Gasteiger partial charge in [-0.3, -0.25) is 4.98 Å². The van der Waals surface area contributed by atoms with Crippen LogP contribution in [0.3, 0.4) is 0 Å². The van der Waals surface area contributed by atoms with Crippen LogP contribution in [-0.2, 0) is 0 Å². The van der Waals surface area contributed by atoms with Crippen molar-refractivity contribution in [3.05, 3.63) is 64.4 Å². The van der Waals surface area contributed by atoms with Gasteiger partial charge >= 0.3 is 0 Å². The molecule has 0 fully saturated rings. The van der Waals surface area contributed by atoms with Crippen molar-refractivity contribution >= 4 is 11.6 Å².